The Morgan fingerprint density at radius 3 is 2.53 bits per heavy atom. The molecule has 0 saturated heterocycles. The second-order valence-electron chi connectivity index (χ2n) is 5.23. The first-order chi connectivity index (χ1) is 9.22. The van der Waals surface area contributed by atoms with Crippen molar-refractivity contribution >= 4 is 0 Å². The molecule has 0 bridgehead atoms. The number of hydrogen-bond acceptors (Lipinski definition) is 1. The van der Waals surface area contributed by atoms with Crippen molar-refractivity contribution in [1.82, 2.24) is 9.88 Å². The fraction of sp³-hybridized carbons (Fsp3) is 0.412. The van der Waals surface area contributed by atoms with Gasteiger partial charge in [0.1, 0.15) is 0 Å². The van der Waals surface area contributed by atoms with Gasteiger partial charge in [-0.1, -0.05) is 43.2 Å². The minimum atomic E-state index is 0.476. The van der Waals surface area contributed by atoms with Gasteiger partial charge >= 0.3 is 0 Å². The fourth-order valence-electron chi connectivity index (χ4n) is 2.43. The highest BCUT2D eigenvalue weighted by Crippen LogP contribution is 2.19. The number of hydrogen-bond donors (Lipinski definition) is 1. The third kappa shape index (κ3) is 3.71. The molecule has 1 unspecified atom stereocenters. The zero-order chi connectivity index (χ0) is 13.7. The van der Waals surface area contributed by atoms with Crippen LogP contribution in [0.15, 0.2) is 42.7 Å². The highest BCUT2D eigenvalue weighted by Gasteiger charge is 2.09. The van der Waals surface area contributed by atoms with Crippen LogP contribution in [0.4, 0.5) is 0 Å². The van der Waals surface area contributed by atoms with Crippen molar-refractivity contribution < 1.29 is 0 Å². The Balaban J connectivity index is 2.06. The van der Waals surface area contributed by atoms with Crippen LogP contribution in [0.3, 0.4) is 0 Å². The number of aromatic nitrogens is 1. The number of nitrogens with zero attached hydrogens (tertiary/aromatic N) is 1. The van der Waals surface area contributed by atoms with Crippen molar-refractivity contribution in [1.29, 1.82) is 0 Å². The summed E-state index contributed by atoms with van der Waals surface area (Å²) >= 11 is 0. The van der Waals surface area contributed by atoms with Crippen LogP contribution in [0.1, 0.15) is 42.5 Å². The first-order valence-electron chi connectivity index (χ1n) is 7.11. The highest BCUT2D eigenvalue weighted by atomic mass is 14.9. The lowest BCUT2D eigenvalue weighted by Crippen LogP contribution is -2.15. The van der Waals surface area contributed by atoms with Gasteiger partial charge in [0.15, 0.2) is 0 Å². The van der Waals surface area contributed by atoms with E-state index in [9.17, 15) is 0 Å². The lowest BCUT2D eigenvalue weighted by atomic mass is 10.1. The van der Waals surface area contributed by atoms with Gasteiger partial charge in [-0.2, -0.15) is 0 Å². The zero-order valence-corrected chi connectivity index (χ0v) is 12.2. The Hall–Kier alpha value is -1.54. The first kappa shape index (κ1) is 13.9. The van der Waals surface area contributed by atoms with E-state index in [0.29, 0.717) is 6.04 Å². The molecule has 0 aliphatic carbocycles. The SMILES string of the molecule is CCCC(NC)c1ccn(Cc2ccc(C)cc2)c1. The van der Waals surface area contributed by atoms with Crippen molar-refractivity contribution in [3.63, 3.8) is 0 Å². The van der Waals surface area contributed by atoms with E-state index in [0.717, 1.165) is 6.54 Å². The van der Waals surface area contributed by atoms with Gasteiger partial charge in [0.05, 0.1) is 0 Å². The molecule has 1 aromatic heterocycles. The van der Waals surface area contributed by atoms with E-state index < -0.39 is 0 Å². The highest BCUT2D eigenvalue weighted by molar-refractivity contribution is 5.23. The minimum absolute atomic E-state index is 0.476. The molecular formula is C17H24N2. The van der Waals surface area contributed by atoms with E-state index >= 15 is 0 Å². The van der Waals surface area contributed by atoms with Gasteiger partial charge in [-0.3, -0.25) is 0 Å². The third-order valence-corrected chi connectivity index (χ3v) is 3.59. The molecule has 2 heteroatoms. The molecule has 0 amide bonds. The van der Waals surface area contributed by atoms with Crippen molar-refractivity contribution in [2.75, 3.05) is 7.05 Å². The summed E-state index contributed by atoms with van der Waals surface area (Å²) in [5.41, 5.74) is 4.05. The molecule has 0 saturated carbocycles. The molecule has 0 fully saturated rings. The second-order valence-corrected chi connectivity index (χ2v) is 5.23. The van der Waals surface area contributed by atoms with E-state index in [4.69, 9.17) is 0 Å². The third-order valence-electron chi connectivity index (χ3n) is 3.59. The maximum atomic E-state index is 3.39. The molecule has 1 aromatic carbocycles. The van der Waals surface area contributed by atoms with Gasteiger partial charge in [-0.05, 0) is 37.6 Å². The molecule has 102 valence electrons. The lowest BCUT2D eigenvalue weighted by molar-refractivity contribution is 0.540. The Bertz CT molecular complexity index is 496. The second kappa shape index (κ2) is 6.58. The van der Waals surface area contributed by atoms with Crippen molar-refractivity contribution in [2.24, 2.45) is 0 Å². The summed E-state index contributed by atoms with van der Waals surface area (Å²) in [4.78, 5) is 0. The Kier molecular flexibility index (Phi) is 4.80. The van der Waals surface area contributed by atoms with E-state index in [-0.39, 0.29) is 0 Å². The van der Waals surface area contributed by atoms with Gasteiger partial charge < -0.3 is 9.88 Å². The molecule has 2 aromatic rings. The molecule has 1 atom stereocenters. The van der Waals surface area contributed by atoms with Crippen LogP contribution in [0.5, 0.6) is 0 Å². The lowest BCUT2D eigenvalue weighted by Gasteiger charge is -2.13. The topological polar surface area (TPSA) is 17.0 Å². The standard InChI is InChI=1S/C17H24N2/c1-4-5-17(18-3)16-10-11-19(13-16)12-15-8-6-14(2)7-9-15/h6-11,13,17-18H,4-5,12H2,1-3H3. The van der Waals surface area contributed by atoms with E-state index in [2.05, 4.69) is 66.5 Å². The number of aryl methyl sites for hydroxylation is 1. The molecule has 1 heterocycles. The maximum Gasteiger partial charge on any atom is 0.0470 e. The average molecular weight is 256 g/mol. The van der Waals surface area contributed by atoms with Crippen molar-refractivity contribution in [2.45, 2.75) is 39.3 Å². The Labute approximate surface area is 116 Å². The molecule has 19 heavy (non-hydrogen) atoms. The molecule has 2 nitrogen and oxygen atoms in total. The largest absolute Gasteiger partial charge is 0.350 e. The summed E-state index contributed by atoms with van der Waals surface area (Å²) in [6.07, 6.45) is 6.82. The number of rotatable bonds is 6. The summed E-state index contributed by atoms with van der Waals surface area (Å²) in [5.74, 6) is 0. The van der Waals surface area contributed by atoms with Gasteiger partial charge in [-0.15, -0.1) is 0 Å². The van der Waals surface area contributed by atoms with Crippen molar-refractivity contribution in [3.8, 4) is 0 Å². The van der Waals surface area contributed by atoms with Crippen LogP contribution in [0, 0.1) is 6.92 Å². The van der Waals surface area contributed by atoms with Gasteiger partial charge in [0.2, 0.25) is 0 Å². The quantitative estimate of drug-likeness (QED) is 0.829. The average Bonchev–Trinajstić information content (AvgIpc) is 2.87. The summed E-state index contributed by atoms with van der Waals surface area (Å²) < 4.78 is 2.26. The van der Waals surface area contributed by atoms with Gasteiger partial charge in [0.25, 0.3) is 0 Å². The van der Waals surface area contributed by atoms with E-state index in [1.54, 1.807) is 0 Å². The summed E-state index contributed by atoms with van der Waals surface area (Å²) in [7, 11) is 2.04. The molecule has 0 spiro atoms. The van der Waals surface area contributed by atoms with Crippen molar-refractivity contribution in [3.05, 3.63) is 59.4 Å². The predicted octanol–water partition coefficient (Wildman–Crippen LogP) is 3.91. The van der Waals surface area contributed by atoms with Gasteiger partial charge in [-0.25, -0.2) is 0 Å². The molecule has 1 N–H and O–H groups in total. The minimum Gasteiger partial charge on any atom is -0.350 e. The number of benzene rings is 1. The summed E-state index contributed by atoms with van der Waals surface area (Å²) in [6.45, 7) is 5.30. The summed E-state index contributed by atoms with van der Waals surface area (Å²) in [6, 6.07) is 11.5. The smallest absolute Gasteiger partial charge is 0.0470 e. The van der Waals surface area contributed by atoms with Crippen LogP contribution in [-0.4, -0.2) is 11.6 Å². The van der Waals surface area contributed by atoms with Crippen LogP contribution < -0.4 is 5.32 Å². The molecule has 0 aliphatic rings. The monoisotopic (exact) mass is 256 g/mol. The van der Waals surface area contributed by atoms with Gasteiger partial charge in [0, 0.05) is 25.0 Å². The van der Waals surface area contributed by atoms with Crippen LogP contribution in [-0.2, 0) is 6.54 Å². The molecular weight excluding hydrogens is 232 g/mol. The Morgan fingerprint density at radius 1 is 1.16 bits per heavy atom. The normalized spacial score (nSPS) is 12.6. The fourth-order valence-corrected chi connectivity index (χ4v) is 2.43. The molecule has 2 rings (SSSR count). The van der Waals surface area contributed by atoms with Crippen LogP contribution in [0.25, 0.3) is 0 Å². The predicted molar refractivity (Wildman–Crippen MR) is 81.4 cm³/mol. The zero-order valence-electron chi connectivity index (χ0n) is 12.2. The van der Waals surface area contributed by atoms with E-state index in [1.807, 2.05) is 7.05 Å². The summed E-state index contributed by atoms with van der Waals surface area (Å²) in [5, 5.41) is 3.39. The first-order valence-corrected chi connectivity index (χ1v) is 7.11. The molecule has 0 aliphatic heterocycles. The maximum absolute atomic E-state index is 3.39. The van der Waals surface area contributed by atoms with Crippen LogP contribution in [0.2, 0.25) is 0 Å². The number of nitrogens with one attached hydrogen (secondary N) is 1. The van der Waals surface area contributed by atoms with Crippen LogP contribution >= 0.6 is 0 Å². The van der Waals surface area contributed by atoms with E-state index in [1.165, 1.54) is 29.5 Å². The Morgan fingerprint density at radius 2 is 1.89 bits per heavy atom. The molecule has 0 radical (unpaired) electrons.